The van der Waals surface area contributed by atoms with Gasteiger partial charge in [-0.3, -0.25) is 0 Å². The SMILES string of the molecule is Fc1c(Br)ccc2ncnc(Nc3ccc(Oc4ccn5ncnc5c4)cc3)c12. The standard InChI is InChI=1S/C20H12BrFN6O/c21-15-5-6-16-18(19(15)22)20(25-10-23-16)27-12-1-3-13(4-2-12)29-14-7-8-28-17(9-14)24-11-26-28/h1-11H,(H,23,25,27). The van der Waals surface area contributed by atoms with Crippen LogP contribution < -0.4 is 10.1 Å². The summed E-state index contributed by atoms with van der Waals surface area (Å²) >= 11 is 3.20. The third-order valence-corrected chi connectivity index (χ3v) is 4.91. The normalized spacial score (nSPS) is 11.1. The highest BCUT2D eigenvalue weighted by Gasteiger charge is 2.12. The fourth-order valence-corrected chi connectivity index (χ4v) is 3.25. The van der Waals surface area contributed by atoms with E-state index in [0.717, 1.165) is 5.69 Å². The Labute approximate surface area is 172 Å². The number of fused-ring (bicyclic) bond motifs is 2. The van der Waals surface area contributed by atoms with Gasteiger partial charge in [0.15, 0.2) is 11.5 Å². The van der Waals surface area contributed by atoms with Crippen molar-refractivity contribution in [1.82, 2.24) is 24.6 Å². The number of rotatable bonds is 4. The molecule has 0 spiro atoms. The molecular weight excluding hydrogens is 439 g/mol. The highest BCUT2D eigenvalue weighted by atomic mass is 79.9. The first-order valence-electron chi connectivity index (χ1n) is 8.60. The molecule has 0 saturated heterocycles. The molecule has 1 N–H and O–H groups in total. The fourth-order valence-electron chi connectivity index (χ4n) is 2.92. The zero-order valence-electron chi connectivity index (χ0n) is 14.8. The van der Waals surface area contributed by atoms with E-state index >= 15 is 0 Å². The van der Waals surface area contributed by atoms with Gasteiger partial charge < -0.3 is 10.1 Å². The monoisotopic (exact) mass is 450 g/mol. The Bertz CT molecular complexity index is 1340. The van der Waals surface area contributed by atoms with Crippen molar-refractivity contribution in [1.29, 1.82) is 0 Å². The molecular formula is C20H12BrFN6O. The summed E-state index contributed by atoms with van der Waals surface area (Å²) < 4.78 is 22.4. The van der Waals surface area contributed by atoms with Gasteiger partial charge in [0, 0.05) is 18.0 Å². The Balaban J connectivity index is 1.39. The van der Waals surface area contributed by atoms with Crippen LogP contribution in [-0.4, -0.2) is 24.6 Å². The predicted molar refractivity (Wildman–Crippen MR) is 110 cm³/mol. The Morgan fingerprint density at radius 3 is 2.66 bits per heavy atom. The zero-order chi connectivity index (χ0) is 19.8. The van der Waals surface area contributed by atoms with Crippen LogP contribution in [-0.2, 0) is 0 Å². The van der Waals surface area contributed by atoms with Crippen molar-refractivity contribution in [2.75, 3.05) is 5.32 Å². The van der Waals surface area contributed by atoms with E-state index in [1.807, 2.05) is 30.3 Å². The van der Waals surface area contributed by atoms with E-state index in [1.165, 1.54) is 12.7 Å². The molecule has 0 saturated carbocycles. The second-order valence-corrected chi connectivity index (χ2v) is 7.01. The van der Waals surface area contributed by atoms with Crippen molar-refractivity contribution in [3.05, 3.63) is 77.7 Å². The van der Waals surface area contributed by atoms with Gasteiger partial charge in [-0.15, -0.1) is 0 Å². The van der Waals surface area contributed by atoms with Crippen molar-refractivity contribution in [2.45, 2.75) is 0 Å². The summed E-state index contributed by atoms with van der Waals surface area (Å²) in [6.45, 7) is 0. The van der Waals surface area contributed by atoms with E-state index in [1.54, 1.807) is 28.9 Å². The van der Waals surface area contributed by atoms with Crippen molar-refractivity contribution in [3.8, 4) is 11.5 Å². The first-order chi connectivity index (χ1) is 14.2. The van der Waals surface area contributed by atoms with Crippen molar-refractivity contribution >= 4 is 44.0 Å². The molecule has 0 aliphatic heterocycles. The number of nitrogens with zero attached hydrogens (tertiary/aromatic N) is 5. The lowest BCUT2D eigenvalue weighted by molar-refractivity contribution is 0.482. The fraction of sp³-hybridized carbons (Fsp3) is 0. The van der Waals surface area contributed by atoms with Gasteiger partial charge in [-0.2, -0.15) is 5.10 Å². The minimum atomic E-state index is -0.408. The minimum absolute atomic E-state index is 0.323. The number of nitrogens with one attached hydrogen (secondary N) is 1. The molecule has 0 radical (unpaired) electrons. The Morgan fingerprint density at radius 2 is 1.79 bits per heavy atom. The van der Waals surface area contributed by atoms with Crippen LogP contribution in [0.2, 0.25) is 0 Å². The highest BCUT2D eigenvalue weighted by molar-refractivity contribution is 9.10. The van der Waals surface area contributed by atoms with E-state index in [2.05, 4.69) is 41.3 Å². The molecule has 0 unspecified atom stereocenters. The summed E-state index contributed by atoms with van der Waals surface area (Å²) in [5.74, 6) is 1.29. The van der Waals surface area contributed by atoms with Crippen LogP contribution in [0.1, 0.15) is 0 Å². The maximum atomic E-state index is 14.6. The molecule has 5 aromatic rings. The first-order valence-corrected chi connectivity index (χ1v) is 9.40. The summed E-state index contributed by atoms with van der Waals surface area (Å²) in [4.78, 5) is 12.4. The van der Waals surface area contributed by atoms with E-state index in [9.17, 15) is 4.39 Å². The lowest BCUT2D eigenvalue weighted by atomic mass is 10.2. The minimum Gasteiger partial charge on any atom is -0.457 e. The topological polar surface area (TPSA) is 77.2 Å². The quantitative estimate of drug-likeness (QED) is 0.409. The average molecular weight is 451 g/mol. The summed E-state index contributed by atoms with van der Waals surface area (Å²) in [5, 5.41) is 7.51. The maximum absolute atomic E-state index is 14.6. The number of aromatic nitrogens is 5. The summed E-state index contributed by atoms with van der Waals surface area (Å²) in [6.07, 6.45) is 4.66. The van der Waals surface area contributed by atoms with Crippen molar-refractivity contribution in [2.24, 2.45) is 0 Å². The lowest BCUT2D eigenvalue weighted by Gasteiger charge is -2.11. The van der Waals surface area contributed by atoms with Gasteiger partial charge in [-0.25, -0.2) is 23.9 Å². The zero-order valence-corrected chi connectivity index (χ0v) is 16.3. The molecule has 9 heteroatoms. The van der Waals surface area contributed by atoms with Gasteiger partial charge in [0.05, 0.1) is 15.4 Å². The van der Waals surface area contributed by atoms with Gasteiger partial charge in [0.1, 0.15) is 30.0 Å². The number of hydrogen-bond donors (Lipinski definition) is 1. The first kappa shape index (κ1) is 17.5. The summed E-state index contributed by atoms with van der Waals surface area (Å²) in [6, 6.07) is 14.2. The largest absolute Gasteiger partial charge is 0.457 e. The van der Waals surface area contributed by atoms with Crippen LogP contribution >= 0.6 is 15.9 Å². The number of anilines is 2. The van der Waals surface area contributed by atoms with E-state index < -0.39 is 5.82 Å². The van der Waals surface area contributed by atoms with Crippen LogP contribution in [0, 0.1) is 5.82 Å². The van der Waals surface area contributed by atoms with Crippen LogP contribution in [0.5, 0.6) is 11.5 Å². The smallest absolute Gasteiger partial charge is 0.158 e. The van der Waals surface area contributed by atoms with Gasteiger partial charge in [-0.1, -0.05) is 0 Å². The van der Waals surface area contributed by atoms with Gasteiger partial charge in [0.2, 0.25) is 0 Å². The second-order valence-electron chi connectivity index (χ2n) is 6.15. The molecule has 142 valence electrons. The molecule has 0 bridgehead atoms. The number of pyridine rings is 1. The average Bonchev–Trinajstić information content (AvgIpc) is 3.20. The van der Waals surface area contributed by atoms with E-state index in [0.29, 0.717) is 38.3 Å². The third kappa shape index (κ3) is 3.36. The summed E-state index contributed by atoms with van der Waals surface area (Å²) in [5.41, 5.74) is 1.96. The molecule has 0 fully saturated rings. The molecule has 7 nitrogen and oxygen atoms in total. The molecule has 2 aromatic carbocycles. The molecule has 0 aliphatic carbocycles. The predicted octanol–water partition coefficient (Wildman–Crippen LogP) is 5.11. The number of benzene rings is 2. The second kappa shape index (κ2) is 7.10. The molecule has 0 aliphatic rings. The number of hydrogen-bond acceptors (Lipinski definition) is 6. The molecule has 29 heavy (non-hydrogen) atoms. The van der Waals surface area contributed by atoms with E-state index in [-0.39, 0.29) is 0 Å². The van der Waals surface area contributed by atoms with Gasteiger partial charge in [-0.05, 0) is 58.4 Å². The van der Waals surface area contributed by atoms with Crippen molar-refractivity contribution in [3.63, 3.8) is 0 Å². The molecule has 0 atom stereocenters. The number of halogens is 2. The van der Waals surface area contributed by atoms with Gasteiger partial charge >= 0.3 is 0 Å². The molecule has 3 aromatic heterocycles. The van der Waals surface area contributed by atoms with Crippen molar-refractivity contribution < 1.29 is 9.13 Å². The van der Waals surface area contributed by atoms with Crippen LogP contribution in [0.3, 0.4) is 0 Å². The van der Waals surface area contributed by atoms with Crippen LogP contribution in [0.4, 0.5) is 15.9 Å². The van der Waals surface area contributed by atoms with Crippen LogP contribution in [0.25, 0.3) is 16.6 Å². The maximum Gasteiger partial charge on any atom is 0.158 e. The number of ether oxygens (including phenoxy) is 1. The molecule has 3 heterocycles. The van der Waals surface area contributed by atoms with Crippen LogP contribution in [0.15, 0.2) is 71.9 Å². The third-order valence-electron chi connectivity index (χ3n) is 4.30. The molecule has 5 rings (SSSR count). The summed E-state index contributed by atoms with van der Waals surface area (Å²) in [7, 11) is 0. The molecule has 0 amide bonds. The Kier molecular flexibility index (Phi) is 4.28. The Hall–Kier alpha value is -3.59. The highest BCUT2D eigenvalue weighted by Crippen LogP contribution is 2.30. The van der Waals surface area contributed by atoms with Gasteiger partial charge in [0.25, 0.3) is 0 Å². The van der Waals surface area contributed by atoms with E-state index in [4.69, 9.17) is 4.74 Å². The lowest BCUT2D eigenvalue weighted by Crippen LogP contribution is -1.98. The Morgan fingerprint density at radius 1 is 0.931 bits per heavy atom.